The van der Waals surface area contributed by atoms with Crippen molar-refractivity contribution in [3.05, 3.63) is 34.1 Å². The van der Waals surface area contributed by atoms with E-state index < -0.39 is 37.4 Å². The topological polar surface area (TPSA) is 92.6 Å². The molecule has 1 N–H and O–H groups in total. The zero-order chi connectivity index (χ0) is 14.9. The van der Waals surface area contributed by atoms with E-state index in [1.165, 1.54) is 0 Å². The van der Waals surface area contributed by atoms with E-state index in [9.17, 15) is 22.9 Å². The van der Waals surface area contributed by atoms with Crippen molar-refractivity contribution in [1.29, 1.82) is 0 Å². The van der Waals surface area contributed by atoms with Gasteiger partial charge in [-0.3, -0.25) is 10.1 Å². The van der Waals surface area contributed by atoms with Crippen LogP contribution < -0.4 is 5.32 Å². The quantitative estimate of drug-likeness (QED) is 0.658. The standard InChI is InChI=1S/C11H14FN3O4S.ClH/c1-8-7-13-5-6-14(8)20(18,19)11-9(12)3-2-4-10(11)15(16)17;/h2-4,8,13H,5-7H2,1H3;1H. The van der Waals surface area contributed by atoms with Crippen molar-refractivity contribution in [3.8, 4) is 0 Å². The first-order valence-electron chi connectivity index (χ1n) is 6.01. The van der Waals surface area contributed by atoms with Crippen LogP contribution in [-0.4, -0.2) is 43.3 Å². The van der Waals surface area contributed by atoms with Crippen LogP contribution in [0.1, 0.15) is 6.92 Å². The Bertz CT molecular complexity index is 640. The maximum Gasteiger partial charge on any atom is 0.292 e. The smallest absolute Gasteiger partial charge is 0.292 e. The molecule has 1 aromatic carbocycles. The highest BCUT2D eigenvalue weighted by molar-refractivity contribution is 7.89. The van der Waals surface area contributed by atoms with Gasteiger partial charge in [-0.1, -0.05) is 6.07 Å². The first kappa shape index (κ1) is 17.8. The van der Waals surface area contributed by atoms with E-state index in [2.05, 4.69) is 5.32 Å². The minimum atomic E-state index is -4.24. The third-order valence-corrected chi connectivity index (χ3v) is 5.23. The van der Waals surface area contributed by atoms with E-state index in [-0.39, 0.29) is 19.0 Å². The minimum absolute atomic E-state index is 0. The number of benzene rings is 1. The van der Waals surface area contributed by atoms with E-state index >= 15 is 0 Å². The molecule has 0 amide bonds. The van der Waals surface area contributed by atoms with Crippen molar-refractivity contribution in [2.24, 2.45) is 0 Å². The van der Waals surface area contributed by atoms with Crippen molar-refractivity contribution in [2.75, 3.05) is 19.6 Å². The number of hydrogen-bond donors (Lipinski definition) is 1. The molecule has 21 heavy (non-hydrogen) atoms. The Hall–Kier alpha value is -1.29. The number of nitro groups is 1. The normalized spacial score (nSPS) is 19.8. The molecule has 1 fully saturated rings. The van der Waals surface area contributed by atoms with Crippen molar-refractivity contribution in [2.45, 2.75) is 17.9 Å². The van der Waals surface area contributed by atoms with Crippen molar-refractivity contribution >= 4 is 28.1 Å². The number of hydrogen-bond acceptors (Lipinski definition) is 5. The van der Waals surface area contributed by atoms with Gasteiger partial charge >= 0.3 is 0 Å². The molecule has 10 heteroatoms. The molecular formula is C11H15ClFN3O4S. The summed E-state index contributed by atoms with van der Waals surface area (Å²) >= 11 is 0. The Morgan fingerprint density at radius 3 is 2.71 bits per heavy atom. The average Bonchev–Trinajstić information content (AvgIpc) is 2.38. The maximum atomic E-state index is 13.9. The van der Waals surface area contributed by atoms with Gasteiger partial charge in [0, 0.05) is 31.7 Å². The summed E-state index contributed by atoms with van der Waals surface area (Å²) in [4.78, 5) is 9.18. The largest absolute Gasteiger partial charge is 0.314 e. The van der Waals surface area contributed by atoms with Crippen LogP contribution in [0, 0.1) is 15.9 Å². The second-order valence-corrected chi connectivity index (χ2v) is 6.34. The lowest BCUT2D eigenvalue weighted by Gasteiger charge is -2.32. The molecule has 1 unspecified atom stereocenters. The number of halogens is 2. The maximum absolute atomic E-state index is 13.9. The fraction of sp³-hybridized carbons (Fsp3) is 0.455. The number of rotatable bonds is 3. The lowest BCUT2D eigenvalue weighted by Crippen LogP contribution is -2.52. The Morgan fingerprint density at radius 2 is 2.14 bits per heavy atom. The average molecular weight is 340 g/mol. The molecule has 0 aliphatic carbocycles. The van der Waals surface area contributed by atoms with Crippen LogP contribution in [0.3, 0.4) is 0 Å². The van der Waals surface area contributed by atoms with Gasteiger partial charge in [0.25, 0.3) is 15.7 Å². The molecule has 0 spiro atoms. The van der Waals surface area contributed by atoms with Gasteiger partial charge in [-0.15, -0.1) is 12.4 Å². The second-order valence-electron chi connectivity index (χ2n) is 4.51. The molecule has 118 valence electrons. The molecule has 1 heterocycles. The van der Waals surface area contributed by atoms with Crippen molar-refractivity contribution < 1.29 is 17.7 Å². The molecule has 0 radical (unpaired) electrons. The van der Waals surface area contributed by atoms with Crippen LogP contribution in [0.2, 0.25) is 0 Å². The number of nitrogens with zero attached hydrogens (tertiary/aromatic N) is 2. The molecule has 7 nitrogen and oxygen atoms in total. The number of nitrogens with one attached hydrogen (secondary N) is 1. The summed E-state index contributed by atoms with van der Waals surface area (Å²) in [6.45, 7) is 2.65. The van der Waals surface area contributed by atoms with Crippen LogP contribution >= 0.6 is 12.4 Å². The van der Waals surface area contributed by atoms with Crippen LogP contribution in [0.25, 0.3) is 0 Å². The van der Waals surface area contributed by atoms with Gasteiger partial charge in [-0.2, -0.15) is 4.31 Å². The van der Waals surface area contributed by atoms with Crippen LogP contribution in [0.5, 0.6) is 0 Å². The Balaban J connectivity index is 0.00000220. The SMILES string of the molecule is CC1CNCCN1S(=O)(=O)c1c(F)cccc1[N+](=O)[O-].Cl. The molecule has 1 aliphatic rings. The Kier molecular flexibility index (Phi) is 5.62. The molecular weight excluding hydrogens is 325 g/mol. The van der Waals surface area contributed by atoms with Gasteiger partial charge < -0.3 is 5.32 Å². The lowest BCUT2D eigenvalue weighted by atomic mass is 10.3. The predicted octanol–water partition coefficient (Wildman–Crippen LogP) is 1.14. The second kappa shape index (κ2) is 6.65. The summed E-state index contributed by atoms with van der Waals surface area (Å²) in [6, 6.07) is 2.62. The number of sulfonamides is 1. The van der Waals surface area contributed by atoms with Crippen molar-refractivity contribution in [1.82, 2.24) is 9.62 Å². The highest BCUT2D eigenvalue weighted by atomic mass is 35.5. The van der Waals surface area contributed by atoms with Crippen molar-refractivity contribution in [3.63, 3.8) is 0 Å². The van der Waals surface area contributed by atoms with E-state index in [0.29, 0.717) is 13.1 Å². The zero-order valence-corrected chi connectivity index (χ0v) is 12.8. The summed E-state index contributed by atoms with van der Waals surface area (Å²) in [5.74, 6) is -1.11. The summed E-state index contributed by atoms with van der Waals surface area (Å²) in [7, 11) is -4.24. The third kappa shape index (κ3) is 3.31. The molecule has 0 aromatic heterocycles. The lowest BCUT2D eigenvalue weighted by molar-refractivity contribution is -0.388. The zero-order valence-electron chi connectivity index (χ0n) is 11.2. The first-order chi connectivity index (χ1) is 9.35. The monoisotopic (exact) mass is 339 g/mol. The number of piperazine rings is 1. The predicted molar refractivity (Wildman–Crippen MR) is 76.5 cm³/mol. The van der Waals surface area contributed by atoms with Gasteiger partial charge in [-0.25, -0.2) is 12.8 Å². The van der Waals surface area contributed by atoms with E-state index in [1.54, 1.807) is 6.92 Å². The summed E-state index contributed by atoms with van der Waals surface area (Å²) in [5, 5.41) is 13.9. The van der Waals surface area contributed by atoms with Crippen LogP contribution in [-0.2, 0) is 10.0 Å². The van der Waals surface area contributed by atoms with Gasteiger partial charge in [0.2, 0.25) is 0 Å². The molecule has 1 saturated heterocycles. The van der Waals surface area contributed by atoms with Gasteiger partial charge in [-0.05, 0) is 13.0 Å². The fourth-order valence-electron chi connectivity index (χ4n) is 2.19. The highest BCUT2D eigenvalue weighted by Crippen LogP contribution is 2.30. The van der Waals surface area contributed by atoms with Gasteiger partial charge in [0.15, 0.2) is 4.90 Å². The van der Waals surface area contributed by atoms with Gasteiger partial charge in [0.1, 0.15) is 5.82 Å². The molecule has 2 rings (SSSR count). The first-order valence-corrected chi connectivity index (χ1v) is 7.45. The fourth-order valence-corrected chi connectivity index (χ4v) is 4.03. The molecule has 0 bridgehead atoms. The summed E-state index contributed by atoms with van der Waals surface area (Å²) in [5.41, 5.74) is -0.740. The van der Waals surface area contributed by atoms with Crippen LogP contribution in [0.4, 0.5) is 10.1 Å². The molecule has 1 aromatic rings. The molecule has 0 saturated carbocycles. The van der Waals surface area contributed by atoms with Gasteiger partial charge in [0.05, 0.1) is 4.92 Å². The van der Waals surface area contributed by atoms with E-state index in [1.807, 2.05) is 0 Å². The number of nitro benzene ring substituents is 1. The molecule has 1 aliphatic heterocycles. The van der Waals surface area contributed by atoms with Crippen LogP contribution in [0.15, 0.2) is 23.1 Å². The third-order valence-electron chi connectivity index (χ3n) is 3.15. The highest BCUT2D eigenvalue weighted by Gasteiger charge is 2.38. The summed E-state index contributed by atoms with van der Waals surface area (Å²) < 4.78 is 39.9. The Morgan fingerprint density at radius 1 is 1.48 bits per heavy atom. The summed E-state index contributed by atoms with van der Waals surface area (Å²) in [6.07, 6.45) is 0. The molecule has 1 atom stereocenters. The minimum Gasteiger partial charge on any atom is -0.314 e. The Labute approximate surface area is 127 Å². The van der Waals surface area contributed by atoms with E-state index in [0.717, 1.165) is 22.5 Å². The van der Waals surface area contributed by atoms with E-state index in [4.69, 9.17) is 0 Å².